The van der Waals surface area contributed by atoms with Crippen LogP contribution >= 0.6 is 11.3 Å². The zero-order valence-electron chi connectivity index (χ0n) is 21.8. The first kappa shape index (κ1) is 27.7. The van der Waals surface area contributed by atoms with Crippen LogP contribution in [0, 0.1) is 0 Å². The van der Waals surface area contributed by atoms with E-state index in [9.17, 15) is 9.59 Å². The molecule has 10 nitrogen and oxygen atoms in total. The fourth-order valence-corrected chi connectivity index (χ4v) is 4.49. The molecule has 2 N–H and O–H groups in total. The van der Waals surface area contributed by atoms with E-state index in [0.29, 0.717) is 39.5 Å². The summed E-state index contributed by atoms with van der Waals surface area (Å²) in [6.45, 7) is 4.85. The van der Waals surface area contributed by atoms with E-state index < -0.39 is 0 Å². The molecule has 3 rings (SSSR count). The zero-order chi connectivity index (χ0) is 26.8. The highest BCUT2D eigenvalue weighted by atomic mass is 32.1. The Morgan fingerprint density at radius 2 is 1.65 bits per heavy atom. The van der Waals surface area contributed by atoms with E-state index >= 15 is 0 Å². The lowest BCUT2D eigenvalue weighted by atomic mass is 10.1. The minimum Gasteiger partial charge on any atom is -0.493 e. The van der Waals surface area contributed by atoms with Gasteiger partial charge in [-0.3, -0.25) is 4.79 Å². The van der Waals surface area contributed by atoms with Crippen LogP contribution in [0.2, 0.25) is 0 Å². The number of amides is 3. The van der Waals surface area contributed by atoms with E-state index in [1.54, 1.807) is 17.0 Å². The molecule has 0 aliphatic heterocycles. The van der Waals surface area contributed by atoms with Crippen LogP contribution in [0.15, 0.2) is 36.4 Å². The molecule has 3 aromatic rings. The molecule has 37 heavy (non-hydrogen) atoms. The number of nitrogens with zero attached hydrogens (tertiary/aromatic N) is 3. The molecule has 3 amide bonds. The van der Waals surface area contributed by atoms with Crippen molar-refractivity contribution in [3.05, 3.63) is 42.0 Å². The van der Waals surface area contributed by atoms with E-state index in [-0.39, 0.29) is 24.9 Å². The van der Waals surface area contributed by atoms with E-state index in [4.69, 9.17) is 14.2 Å². The third-order valence-corrected chi connectivity index (χ3v) is 6.50. The van der Waals surface area contributed by atoms with Crippen molar-refractivity contribution >= 4 is 34.1 Å². The fraction of sp³-hybridized carbons (Fsp3) is 0.385. The molecule has 0 saturated carbocycles. The highest BCUT2D eigenvalue weighted by Crippen LogP contribution is 2.42. The van der Waals surface area contributed by atoms with Crippen molar-refractivity contribution in [2.24, 2.45) is 0 Å². The molecular formula is C26H33N5O5S. The summed E-state index contributed by atoms with van der Waals surface area (Å²) in [5, 5.41) is 15.0. The second-order valence-electron chi connectivity index (χ2n) is 8.05. The summed E-state index contributed by atoms with van der Waals surface area (Å²) in [6.07, 6.45) is 1.72. The first-order valence-corrected chi connectivity index (χ1v) is 12.8. The maximum absolute atomic E-state index is 12.9. The second kappa shape index (κ2) is 13.4. The Hall–Kier alpha value is -3.86. The molecule has 1 aromatic heterocycles. The molecule has 0 fully saturated rings. The number of hydrogen-bond donors (Lipinski definition) is 2. The smallest absolute Gasteiger partial charge is 0.321 e. The van der Waals surface area contributed by atoms with Crippen molar-refractivity contribution in [2.45, 2.75) is 33.1 Å². The Morgan fingerprint density at radius 1 is 0.946 bits per heavy atom. The van der Waals surface area contributed by atoms with Gasteiger partial charge >= 0.3 is 6.03 Å². The molecule has 0 aliphatic rings. The monoisotopic (exact) mass is 527 g/mol. The molecular weight excluding hydrogens is 494 g/mol. The summed E-state index contributed by atoms with van der Waals surface area (Å²) in [6, 6.07) is 11.0. The van der Waals surface area contributed by atoms with E-state index in [0.717, 1.165) is 24.1 Å². The minimum atomic E-state index is -0.254. The summed E-state index contributed by atoms with van der Waals surface area (Å²) in [4.78, 5) is 27.2. The van der Waals surface area contributed by atoms with Crippen LogP contribution in [0.25, 0.3) is 10.6 Å². The Balaban J connectivity index is 1.63. The molecule has 1 heterocycles. The van der Waals surface area contributed by atoms with Gasteiger partial charge in [-0.2, -0.15) is 0 Å². The average molecular weight is 528 g/mol. The number of carbonyl (C=O) groups is 2. The van der Waals surface area contributed by atoms with Gasteiger partial charge in [-0.15, -0.1) is 10.2 Å². The maximum atomic E-state index is 12.9. The molecule has 0 atom stereocenters. The summed E-state index contributed by atoms with van der Waals surface area (Å²) in [5.41, 5.74) is 2.56. The first-order chi connectivity index (χ1) is 17.9. The van der Waals surface area contributed by atoms with E-state index in [1.807, 2.05) is 38.1 Å². The maximum Gasteiger partial charge on any atom is 0.321 e. The number of nitrogens with one attached hydrogen (secondary N) is 2. The third kappa shape index (κ3) is 7.10. The molecule has 0 saturated heterocycles. The fourth-order valence-electron chi connectivity index (χ4n) is 3.74. The van der Waals surface area contributed by atoms with Crippen LogP contribution < -0.4 is 24.8 Å². The van der Waals surface area contributed by atoms with Gasteiger partial charge in [0.2, 0.25) is 16.8 Å². The van der Waals surface area contributed by atoms with Crippen LogP contribution in [0.3, 0.4) is 0 Å². The summed E-state index contributed by atoms with van der Waals surface area (Å²) in [7, 11) is 4.61. The molecule has 198 valence electrons. The molecule has 2 aromatic carbocycles. The number of urea groups is 1. The number of rotatable bonds is 12. The molecule has 0 bridgehead atoms. The van der Waals surface area contributed by atoms with Gasteiger partial charge in [0, 0.05) is 30.8 Å². The SMILES string of the molecule is CCCN(CCC(=O)Nc1nnc(-c2cc(OC)c(OC)c(OC)c2)s1)C(=O)Nc1ccccc1CC. The number of ether oxygens (including phenoxy) is 3. The van der Waals surface area contributed by atoms with Gasteiger partial charge in [0.1, 0.15) is 5.01 Å². The Labute approximate surface area is 220 Å². The van der Waals surface area contributed by atoms with Gasteiger partial charge in [0.05, 0.1) is 21.3 Å². The lowest BCUT2D eigenvalue weighted by molar-refractivity contribution is -0.116. The number of methoxy groups -OCH3 is 3. The van der Waals surface area contributed by atoms with Crippen molar-refractivity contribution in [3.63, 3.8) is 0 Å². The average Bonchev–Trinajstić information content (AvgIpc) is 3.38. The van der Waals surface area contributed by atoms with Crippen molar-refractivity contribution in [2.75, 3.05) is 45.1 Å². The van der Waals surface area contributed by atoms with Gasteiger partial charge < -0.3 is 29.7 Å². The Kier molecular flexibility index (Phi) is 10.1. The van der Waals surface area contributed by atoms with Gasteiger partial charge in [-0.05, 0) is 36.6 Å². The molecule has 0 spiro atoms. The Bertz CT molecular complexity index is 1190. The zero-order valence-corrected chi connectivity index (χ0v) is 22.6. The van der Waals surface area contributed by atoms with Crippen molar-refractivity contribution in [3.8, 4) is 27.8 Å². The van der Waals surface area contributed by atoms with E-state index in [2.05, 4.69) is 20.8 Å². The van der Waals surface area contributed by atoms with Crippen LogP contribution in [-0.2, 0) is 11.2 Å². The van der Waals surface area contributed by atoms with Gasteiger partial charge in [-0.1, -0.05) is 43.4 Å². The minimum absolute atomic E-state index is 0.127. The lowest BCUT2D eigenvalue weighted by Crippen LogP contribution is -2.37. The first-order valence-electron chi connectivity index (χ1n) is 12.0. The predicted molar refractivity (Wildman–Crippen MR) is 145 cm³/mol. The molecule has 0 aliphatic carbocycles. The van der Waals surface area contributed by atoms with Gasteiger partial charge in [0.15, 0.2) is 11.5 Å². The molecule has 0 radical (unpaired) electrons. The number of anilines is 2. The predicted octanol–water partition coefficient (Wildman–Crippen LogP) is 5.07. The number of benzene rings is 2. The standard InChI is InChI=1S/C26H33N5O5S/c1-6-13-31(26(33)27-19-11-9-8-10-17(19)7-2)14-12-22(32)28-25-30-29-24(37-25)18-15-20(34-3)23(36-5)21(16-18)35-4/h8-11,15-16H,6-7,12-14H2,1-5H3,(H,27,33)(H,28,30,32). The van der Waals surface area contributed by atoms with Crippen LogP contribution in [0.4, 0.5) is 15.6 Å². The van der Waals surface area contributed by atoms with E-state index in [1.165, 1.54) is 32.7 Å². The number of para-hydroxylation sites is 1. The van der Waals surface area contributed by atoms with Crippen LogP contribution in [-0.4, -0.2) is 61.5 Å². The van der Waals surface area contributed by atoms with Crippen LogP contribution in [0.1, 0.15) is 32.3 Å². The summed E-state index contributed by atoms with van der Waals surface area (Å²) >= 11 is 1.22. The summed E-state index contributed by atoms with van der Waals surface area (Å²) in [5.74, 6) is 1.21. The quantitative estimate of drug-likeness (QED) is 0.338. The molecule has 0 unspecified atom stereocenters. The van der Waals surface area contributed by atoms with Gasteiger partial charge in [-0.25, -0.2) is 4.79 Å². The van der Waals surface area contributed by atoms with Crippen molar-refractivity contribution in [1.29, 1.82) is 0 Å². The topological polar surface area (TPSA) is 115 Å². The summed E-state index contributed by atoms with van der Waals surface area (Å²) < 4.78 is 16.2. The largest absolute Gasteiger partial charge is 0.493 e. The third-order valence-electron chi connectivity index (χ3n) is 5.61. The Morgan fingerprint density at radius 3 is 2.27 bits per heavy atom. The van der Waals surface area contributed by atoms with Crippen molar-refractivity contribution < 1.29 is 23.8 Å². The lowest BCUT2D eigenvalue weighted by Gasteiger charge is -2.23. The van der Waals surface area contributed by atoms with Crippen LogP contribution in [0.5, 0.6) is 17.2 Å². The number of aromatic nitrogens is 2. The molecule has 11 heteroatoms. The number of aryl methyl sites for hydroxylation is 1. The highest BCUT2D eigenvalue weighted by Gasteiger charge is 2.19. The second-order valence-corrected chi connectivity index (χ2v) is 9.03. The number of hydrogen-bond acceptors (Lipinski definition) is 8. The van der Waals surface area contributed by atoms with Crippen molar-refractivity contribution in [1.82, 2.24) is 15.1 Å². The van der Waals surface area contributed by atoms with Gasteiger partial charge in [0.25, 0.3) is 0 Å². The highest BCUT2D eigenvalue weighted by molar-refractivity contribution is 7.18. The number of carbonyl (C=O) groups excluding carboxylic acids is 2. The normalized spacial score (nSPS) is 10.5.